The molecule has 0 aliphatic rings. The van der Waals surface area contributed by atoms with Gasteiger partial charge in [-0.25, -0.2) is 9.97 Å². The van der Waals surface area contributed by atoms with E-state index in [1.54, 1.807) is 24.6 Å². The van der Waals surface area contributed by atoms with Crippen LogP contribution >= 0.6 is 22.9 Å². The third kappa shape index (κ3) is 2.84. The smallest absolute Gasteiger partial charge is 0.213 e. The van der Waals surface area contributed by atoms with Gasteiger partial charge in [-0.05, 0) is 29.8 Å². The van der Waals surface area contributed by atoms with Crippen molar-refractivity contribution in [3.8, 4) is 5.88 Å². The van der Waals surface area contributed by atoms with Crippen LogP contribution in [0.5, 0.6) is 5.88 Å². The van der Waals surface area contributed by atoms with Gasteiger partial charge in [0.05, 0.1) is 17.3 Å². The number of hydrogen-bond acceptors (Lipinski definition) is 5. The highest BCUT2D eigenvalue weighted by Gasteiger charge is 2.04. The zero-order valence-electron chi connectivity index (χ0n) is 10.8. The number of hydrogen-bond donors (Lipinski definition) is 1. The van der Waals surface area contributed by atoms with E-state index in [4.69, 9.17) is 16.3 Å². The fourth-order valence-electron chi connectivity index (χ4n) is 1.82. The number of pyridine rings is 1. The van der Waals surface area contributed by atoms with Gasteiger partial charge in [-0.3, -0.25) is 0 Å². The lowest BCUT2D eigenvalue weighted by molar-refractivity contribution is 0.397. The minimum absolute atomic E-state index is 0.611. The van der Waals surface area contributed by atoms with Crippen LogP contribution in [0.4, 0.5) is 5.13 Å². The molecule has 0 amide bonds. The first kappa shape index (κ1) is 13.1. The van der Waals surface area contributed by atoms with E-state index in [0.29, 0.717) is 12.4 Å². The molecule has 0 bridgehead atoms. The standard InChI is InChI=1S/C14H12ClN3OS/c1-19-13-6-9(4-5-16-13)8-17-14-18-11-3-2-10(15)7-12(11)20-14/h2-7H,8H2,1H3,(H,17,18). The second kappa shape index (κ2) is 5.64. The van der Waals surface area contributed by atoms with Crippen LogP contribution in [0.2, 0.25) is 5.02 Å². The Labute approximate surface area is 125 Å². The number of anilines is 1. The van der Waals surface area contributed by atoms with E-state index in [2.05, 4.69) is 15.3 Å². The van der Waals surface area contributed by atoms with Crippen LogP contribution in [-0.2, 0) is 6.54 Å². The van der Waals surface area contributed by atoms with Crippen molar-refractivity contribution in [2.75, 3.05) is 12.4 Å². The summed E-state index contributed by atoms with van der Waals surface area (Å²) in [5, 5.41) is 4.90. The molecule has 20 heavy (non-hydrogen) atoms. The minimum Gasteiger partial charge on any atom is -0.481 e. The van der Waals surface area contributed by atoms with Crippen molar-refractivity contribution < 1.29 is 4.74 Å². The number of rotatable bonds is 4. The summed E-state index contributed by atoms with van der Waals surface area (Å²) in [5.74, 6) is 0.611. The van der Waals surface area contributed by atoms with E-state index in [-0.39, 0.29) is 0 Å². The fourth-order valence-corrected chi connectivity index (χ4v) is 2.96. The molecule has 0 spiro atoms. The number of halogens is 1. The van der Waals surface area contributed by atoms with Crippen molar-refractivity contribution >= 4 is 38.3 Å². The molecule has 102 valence electrons. The summed E-state index contributed by atoms with van der Waals surface area (Å²) in [7, 11) is 1.61. The van der Waals surface area contributed by atoms with Crippen LogP contribution in [0, 0.1) is 0 Å². The van der Waals surface area contributed by atoms with Gasteiger partial charge in [-0.1, -0.05) is 22.9 Å². The van der Waals surface area contributed by atoms with Gasteiger partial charge < -0.3 is 10.1 Å². The van der Waals surface area contributed by atoms with Crippen molar-refractivity contribution in [1.29, 1.82) is 0 Å². The normalized spacial score (nSPS) is 10.7. The molecule has 1 aromatic carbocycles. The highest BCUT2D eigenvalue weighted by molar-refractivity contribution is 7.22. The maximum Gasteiger partial charge on any atom is 0.213 e. The quantitative estimate of drug-likeness (QED) is 0.792. The number of nitrogens with one attached hydrogen (secondary N) is 1. The van der Waals surface area contributed by atoms with Gasteiger partial charge in [0, 0.05) is 23.8 Å². The van der Waals surface area contributed by atoms with Crippen molar-refractivity contribution in [3.63, 3.8) is 0 Å². The Hall–Kier alpha value is -1.85. The minimum atomic E-state index is 0.611. The van der Waals surface area contributed by atoms with E-state index in [1.165, 1.54) is 0 Å². The van der Waals surface area contributed by atoms with Crippen LogP contribution in [0.25, 0.3) is 10.2 Å². The van der Waals surface area contributed by atoms with Gasteiger partial charge in [0.15, 0.2) is 5.13 Å². The molecule has 1 N–H and O–H groups in total. The van der Waals surface area contributed by atoms with E-state index in [0.717, 1.165) is 25.9 Å². The summed E-state index contributed by atoms with van der Waals surface area (Å²) in [6.45, 7) is 0.673. The molecule has 0 saturated carbocycles. The number of aromatic nitrogens is 2. The molecule has 0 aliphatic carbocycles. The number of thiazole rings is 1. The molecule has 3 rings (SSSR count). The summed E-state index contributed by atoms with van der Waals surface area (Å²) < 4.78 is 6.18. The Morgan fingerprint density at radius 1 is 1.30 bits per heavy atom. The highest BCUT2D eigenvalue weighted by Crippen LogP contribution is 2.28. The molecule has 6 heteroatoms. The average Bonchev–Trinajstić information content (AvgIpc) is 2.87. The first-order chi connectivity index (χ1) is 9.74. The first-order valence-electron chi connectivity index (χ1n) is 6.03. The monoisotopic (exact) mass is 305 g/mol. The number of fused-ring (bicyclic) bond motifs is 1. The second-order valence-corrected chi connectivity index (χ2v) is 5.66. The topological polar surface area (TPSA) is 47.0 Å². The van der Waals surface area contributed by atoms with Crippen LogP contribution in [0.1, 0.15) is 5.56 Å². The van der Waals surface area contributed by atoms with Crippen molar-refractivity contribution in [1.82, 2.24) is 9.97 Å². The molecule has 2 heterocycles. The van der Waals surface area contributed by atoms with Crippen molar-refractivity contribution in [2.24, 2.45) is 0 Å². The number of benzene rings is 1. The molecule has 0 fully saturated rings. The molecule has 0 atom stereocenters. The molecular weight excluding hydrogens is 294 g/mol. The maximum absolute atomic E-state index is 5.97. The van der Waals surface area contributed by atoms with E-state index >= 15 is 0 Å². The molecule has 2 aromatic heterocycles. The Morgan fingerprint density at radius 2 is 2.20 bits per heavy atom. The summed E-state index contributed by atoms with van der Waals surface area (Å²) in [4.78, 5) is 8.59. The number of nitrogens with zero attached hydrogens (tertiary/aromatic N) is 2. The predicted molar refractivity (Wildman–Crippen MR) is 82.7 cm³/mol. The Balaban J connectivity index is 1.76. The Kier molecular flexibility index (Phi) is 3.71. The fraction of sp³-hybridized carbons (Fsp3) is 0.143. The average molecular weight is 306 g/mol. The van der Waals surface area contributed by atoms with E-state index in [1.807, 2.05) is 30.3 Å². The maximum atomic E-state index is 5.97. The highest BCUT2D eigenvalue weighted by atomic mass is 35.5. The predicted octanol–water partition coefficient (Wildman–Crippen LogP) is 3.97. The molecular formula is C14H12ClN3OS. The summed E-state index contributed by atoms with van der Waals surface area (Å²) in [6.07, 6.45) is 1.73. The molecule has 0 saturated heterocycles. The number of ether oxygens (including phenoxy) is 1. The van der Waals surface area contributed by atoms with Gasteiger partial charge in [0.25, 0.3) is 0 Å². The Bertz CT molecular complexity index is 744. The lowest BCUT2D eigenvalue weighted by Crippen LogP contribution is -1.99. The zero-order valence-corrected chi connectivity index (χ0v) is 12.3. The summed E-state index contributed by atoms with van der Waals surface area (Å²) in [5.41, 5.74) is 2.04. The number of methoxy groups -OCH3 is 1. The third-order valence-electron chi connectivity index (χ3n) is 2.80. The van der Waals surface area contributed by atoms with Gasteiger partial charge in [-0.15, -0.1) is 0 Å². The van der Waals surface area contributed by atoms with Gasteiger partial charge >= 0.3 is 0 Å². The van der Waals surface area contributed by atoms with Gasteiger partial charge in [0.2, 0.25) is 5.88 Å². The lowest BCUT2D eigenvalue weighted by atomic mass is 10.3. The van der Waals surface area contributed by atoms with Gasteiger partial charge in [-0.2, -0.15) is 0 Å². The van der Waals surface area contributed by atoms with Crippen molar-refractivity contribution in [2.45, 2.75) is 6.54 Å². The van der Waals surface area contributed by atoms with E-state index < -0.39 is 0 Å². The molecule has 0 radical (unpaired) electrons. The second-order valence-electron chi connectivity index (χ2n) is 4.19. The lowest BCUT2D eigenvalue weighted by Gasteiger charge is -2.04. The van der Waals surface area contributed by atoms with Crippen LogP contribution in [0.3, 0.4) is 0 Å². The van der Waals surface area contributed by atoms with Gasteiger partial charge in [0.1, 0.15) is 0 Å². The molecule has 3 aromatic rings. The first-order valence-corrected chi connectivity index (χ1v) is 7.23. The zero-order chi connectivity index (χ0) is 13.9. The van der Waals surface area contributed by atoms with Crippen molar-refractivity contribution in [3.05, 3.63) is 47.1 Å². The molecule has 0 aliphatic heterocycles. The summed E-state index contributed by atoms with van der Waals surface area (Å²) >= 11 is 7.56. The third-order valence-corrected chi connectivity index (χ3v) is 4.01. The summed E-state index contributed by atoms with van der Waals surface area (Å²) in [6, 6.07) is 9.54. The van der Waals surface area contributed by atoms with Crippen LogP contribution in [0.15, 0.2) is 36.5 Å². The Morgan fingerprint density at radius 3 is 3.05 bits per heavy atom. The van der Waals surface area contributed by atoms with E-state index in [9.17, 15) is 0 Å². The molecule has 4 nitrogen and oxygen atoms in total. The van der Waals surface area contributed by atoms with Crippen LogP contribution in [-0.4, -0.2) is 17.1 Å². The van der Waals surface area contributed by atoms with Crippen LogP contribution < -0.4 is 10.1 Å². The SMILES string of the molecule is COc1cc(CNc2nc3ccc(Cl)cc3s2)ccn1. The largest absolute Gasteiger partial charge is 0.481 e. The molecule has 0 unspecified atom stereocenters.